The highest BCUT2D eigenvalue weighted by Gasteiger charge is 2.17. The fourth-order valence-electron chi connectivity index (χ4n) is 8.90. The lowest BCUT2D eigenvalue weighted by Crippen LogP contribution is -2.30. The molecule has 0 aliphatic carbocycles. The van der Waals surface area contributed by atoms with E-state index in [9.17, 15) is 9.59 Å². The fraction of sp³-hybridized carbons (Fsp3) is 0.739. The molecule has 0 bridgehead atoms. The molecule has 0 aromatic heterocycles. The van der Waals surface area contributed by atoms with E-state index in [1.807, 2.05) is 0 Å². The van der Waals surface area contributed by atoms with Crippen LogP contribution in [-0.4, -0.2) is 37.9 Å². The lowest BCUT2D eigenvalue weighted by Gasteiger charge is -2.18. The molecule has 0 spiro atoms. The molecule has 0 fully saturated rings. The van der Waals surface area contributed by atoms with Crippen molar-refractivity contribution < 1.29 is 23.8 Å². The summed E-state index contributed by atoms with van der Waals surface area (Å²) in [4.78, 5) is 25.6. The molecule has 0 aromatic carbocycles. The average Bonchev–Trinajstić information content (AvgIpc) is 3.40. The molecule has 1 atom stereocenters. The van der Waals surface area contributed by atoms with Gasteiger partial charge in [0, 0.05) is 19.4 Å². The molecule has 0 saturated carbocycles. The molecule has 0 amide bonds. The van der Waals surface area contributed by atoms with Crippen molar-refractivity contribution in [3.63, 3.8) is 0 Å². The van der Waals surface area contributed by atoms with Gasteiger partial charge in [0.05, 0.1) is 6.61 Å². The molecular weight excluding hydrogens is 909 g/mol. The van der Waals surface area contributed by atoms with Crippen molar-refractivity contribution in [3.8, 4) is 0 Å². The number of allylic oxidation sites excluding steroid dienone is 16. The normalized spacial score (nSPS) is 12.9. The minimum absolute atomic E-state index is 0.0606. The molecule has 0 heterocycles. The molecule has 0 aromatic rings. The fourth-order valence-corrected chi connectivity index (χ4v) is 8.90. The van der Waals surface area contributed by atoms with E-state index < -0.39 is 6.10 Å². The zero-order valence-electron chi connectivity index (χ0n) is 49.1. The first-order valence-electron chi connectivity index (χ1n) is 31.8. The van der Waals surface area contributed by atoms with E-state index >= 15 is 0 Å². The summed E-state index contributed by atoms with van der Waals surface area (Å²) in [6.45, 7) is 7.68. The number of carbonyl (C=O) groups excluding carboxylic acids is 2. The van der Waals surface area contributed by atoms with Gasteiger partial charge in [-0.2, -0.15) is 0 Å². The van der Waals surface area contributed by atoms with Crippen molar-refractivity contribution in [2.75, 3.05) is 19.8 Å². The van der Waals surface area contributed by atoms with Crippen molar-refractivity contribution in [3.05, 3.63) is 97.2 Å². The number of unbranched alkanes of at least 4 members (excludes halogenated alkanes) is 31. The summed E-state index contributed by atoms with van der Waals surface area (Å²) < 4.78 is 17.5. The van der Waals surface area contributed by atoms with E-state index in [0.29, 0.717) is 19.4 Å². The van der Waals surface area contributed by atoms with E-state index in [1.54, 1.807) is 0 Å². The Morgan fingerprint density at radius 1 is 0.311 bits per heavy atom. The van der Waals surface area contributed by atoms with Gasteiger partial charge >= 0.3 is 11.9 Å². The monoisotopic (exact) mass is 1030 g/mol. The van der Waals surface area contributed by atoms with Crippen molar-refractivity contribution in [2.45, 2.75) is 309 Å². The molecule has 5 nitrogen and oxygen atoms in total. The van der Waals surface area contributed by atoms with Crippen LogP contribution in [0.3, 0.4) is 0 Å². The van der Waals surface area contributed by atoms with Crippen LogP contribution in [0, 0.1) is 0 Å². The highest BCUT2D eigenvalue weighted by molar-refractivity contribution is 5.70. The number of hydrogen-bond acceptors (Lipinski definition) is 5. The third kappa shape index (κ3) is 61.4. The molecular formula is C69H120O5. The molecule has 0 saturated heterocycles. The third-order valence-corrected chi connectivity index (χ3v) is 13.6. The second kappa shape index (κ2) is 64.1. The topological polar surface area (TPSA) is 61.8 Å². The van der Waals surface area contributed by atoms with Gasteiger partial charge < -0.3 is 14.2 Å². The molecule has 426 valence electrons. The Labute approximate surface area is 460 Å². The molecule has 74 heavy (non-hydrogen) atoms. The van der Waals surface area contributed by atoms with Crippen LogP contribution in [0.4, 0.5) is 0 Å². The quantitative estimate of drug-likeness (QED) is 0.0345. The second-order valence-electron chi connectivity index (χ2n) is 20.9. The lowest BCUT2D eigenvalue weighted by molar-refractivity contribution is -0.163. The highest BCUT2D eigenvalue weighted by atomic mass is 16.6. The predicted octanol–water partition coefficient (Wildman–Crippen LogP) is 22.1. The summed E-state index contributed by atoms with van der Waals surface area (Å²) in [6, 6.07) is 0. The largest absolute Gasteiger partial charge is 0.462 e. The lowest BCUT2D eigenvalue weighted by atomic mass is 10.0. The van der Waals surface area contributed by atoms with Crippen LogP contribution in [-0.2, 0) is 23.8 Å². The first-order chi connectivity index (χ1) is 36.6. The molecule has 5 heteroatoms. The molecule has 0 aliphatic heterocycles. The van der Waals surface area contributed by atoms with Gasteiger partial charge in [0.2, 0.25) is 0 Å². The van der Waals surface area contributed by atoms with E-state index in [4.69, 9.17) is 14.2 Å². The molecule has 0 radical (unpaired) electrons. The van der Waals surface area contributed by atoms with Crippen LogP contribution in [0.1, 0.15) is 303 Å². The predicted molar refractivity (Wildman–Crippen MR) is 325 cm³/mol. The summed E-state index contributed by atoms with van der Waals surface area (Å²) in [5.41, 5.74) is 0. The Balaban J connectivity index is 4.35. The van der Waals surface area contributed by atoms with Crippen LogP contribution in [0.2, 0.25) is 0 Å². The van der Waals surface area contributed by atoms with E-state index in [1.165, 1.54) is 161 Å². The second-order valence-corrected chi connectivity index (χ2v) is 20.9. The SMILES string of the molecule is CC/C=C\C/C=C\C/C=C\C/C=C\C/C=C\CCCCCC(=O)OCC(COCCCCCCCCCCCCCCCCCCCCCC)OC(=O)CCCCCCCC/C=C\C/C=C\C/C=C\CCCCC. The Kier molecular flexibility index (Phi) is 61.4. The Morgan fingerprint density at radius 2 is 0.608 bits per heavy atom. The van der Waals surface area contributed by atoms with Gasteiger partial charge in [-0.3, -0.25) is 9.59 Å². The van der Waals surface area contributed by atoms with E-state index in [0.717, 1.165) is 109 Å². The zero-order chi connectivity index (χ0) is 53.4. The van der Waals surface area contributed by atoms with Crippen molar-refractivity contribution >= 4 is 11.9 Å². The number of carbonyl (C=O) groups is 2. The minimum Gasteiger partial charge on any atom is -0.462 e. The van der Waals surface area contributed by atoms with Crippen LogP contribution >= 0.6 is 0 Å². The van der Waals surface area contributed by atoms with Gasteiger partial charge in [0.1, 0.15) is 6.61 Å². The maximum absolute atomic E-state index is 12.9. The standard InChI is InChI=1S/C69H120O5/c1-4-7-10-13-16-19-22-25-28-31-34-37-40-43-46-49-52-55-58-61-64-72-65-67(74-69(71)63-60-57-54-51-48-45-42-39-36-33-30-27-24-21-18-15-12-9-6-3)66-73-68(70)62-59-56-53-50-47-44-41-38-35-32-29-26-23-20-17-14-11-8-5-2/h8,11,17-18,20-21,26-27,29-30,35-36,38-39,44,47,67H,4-7,9-10,12-16,19,22-25,28,31-34,37,40-43,45-46,48-66H2,1-3H3/b11-8-,20-17-,21-18-,29-26-,30-27-,38-35-,39-36-,47-44-. The zero-order valence-corrected chi connectivity index (χ0v) is 49.1. The van der Waals surface area contributed by atoms with Crippen molar-refractivity contribution in [1.82, 2.24) is 0 Å². The van der Waals surface area contributed by atoms with E-state index in [2.05, 4.69) is 118 Å². The first kappa shape index (κ1) is 70.8. The van der Waals surface area contributed by atoms with E-state index in [-0.39, 0.29) is 25.2 Å². The Morgan fingerprint density at radius 3 is 1.01 bits per heavy atom. The number of hydrogen-bond donors (Lipinski definition) is 0. The molecule has 0 rings (SSSR count). The van der Waals surface area contributed by atoms with Crippen LogP contribution in [0.15, 0.2) is 97.2 Å². The van der Waals surface area contributed by atoms with Crippen LogP contribution in [0.25, 0.3) is 0 Å². The molecule has 0 aliphatic rings. The maximum atomic E-state index is 12.9. The van der Waals surface area contributed by atoms with Crippen molar-refractivity contribution in [2.24, 2.45) is 0 Å². The maximum Gasteiger partial charge on any atom is 0.306 e. The summed E-state index contributed by atoms with van der Waals surface area (Å²) in [6.07, 6.45) is 87.3. The summed E-state index contributed by atoms with van der Waals surface area (Å²) in [7, 11) is 0. The van der Waals surface area contributed by atoms with Crippen molar-refractivity contribution in [1.29, 1.82) is 0 Å². The summed E-state index contributed by atoms with van der Waals surface area (Å²) >= 11 is 0. The van der Waals surface area contributed by atoms with Gasteiger partial charge in [-0.15, -0.1) is 0 Å². The van der Waals surface area contributed by atoms with Gasteiger partial charge in [0.25, 0.3) is 0 Å². The van der Waals surface area contributed by atoms with Gasteiger partial charge in [0.15, 0.2) is 6.10 Å². The number of rotatable bonds is 58. The van der Waals surface area contributed by atoms with Gasteiger partial charge in [-0.05, 0) is 103 Å². The molecule has 1 unspecified atom stereocenters. The average molecular weight is 1030 g/mol. The number of esters is 2. The summed E-state index contributed by atoms with van der Waals surface area (Å²) in [5.74, 6) is -0.440. The smallest absolute Gasteiger partial charge is 0.306 e. The third-order valence-electron chi connectivity index (χ3n) is 13.6. The Bertz CT molecular complexity index is 1400. The van der Waals surface area contributed by atoms with Gasteiger partial charge in [-0.25, -0.2) is 0 Å². The van der Waals surface area contributed by atoms with Crippen LogP contribution < -0.4 is 0 Å². The van der Waals surface area contributed by atoms with Gasteiger partial charge in [-0.1, -0.05) is 285 Å². The van der Waals surface area contributed by atoms with Crippen LogP contribution in [0.5, 0.6) is 0 Å². The number of ether oxygens (including phenoxy) is 3. The Hall–Kier alpha value is -3.18. The first-order valence-corrected chi connectivity index (χ1v) is 31.8. The minimum atomic E-state index is -0.562. The molecule has 0 N–H and O–H groups in total. The highest BCUT2D eigenvalue weighted by Crippen LogP contribution is 2.16. The summed E-state index contributed by atoms with van der Waals surface area (Å²) in [5, 5.41) is 0.